The molecular weight excluding hydrogens is 593 g/mol. The number of fused-ring (bicyclic) bond motifs is 6. The van der Waals surface area contributed by atoms with E-state index in [0.717, 1.165) is 6.07 Å². The molecule has 0 atom stereocenters. The Morgan fingerprint density at radius 3 is 1.59 bits per heavy atom. The Kier molecular flexibility index (Phi) is 2.56. The van der Waals surface area contributed by atoms with Crippen molar-refractivity contribution in [3.8, 4) is 44.5 Å². The highest BCUT2D eigenvalue weighted by molar-refractivity contribution is 6.21. The van der Waals surface area contributed by atoms with Crippen molar-refractivity contribution in [1.82, 2.24) is 0 Å². The highest BCUT2D eigenvalue weighted by Gasteiger charge is 2.17. The minimum absolute atomic E-state index is 0.352. The SMILES string of the molecule is [2H]c1cc(-c2c([2H])c([2H])c([2H])c3c2oc2c([2H])c(-c4c([2H])c([2H])c5c([2H])c(-c6c7c([2H])c([2H])c([2H])c([2H])c7c(-c7c([2H])c([2H])c([2H])c([2H])c7[2H])c7c([2H])c([2H])c([2H])c([2H])c67)c([2H])c([2H])c5c4[2H])c([2H])c([2H])c23)c([2H])c([2H])c1[2H]. The summed E-state index contributed by atoms with van der Waals surface area (Å²) >= 11 is 0. The summed E-state index contributed by atoms with van der Waals surface area (Å²) in [5.74, 6) is 0. The van der Waals surface area contributed by atoms with Crippen LogP contribution in [0.15, 0.2) is 186 Å². The summed E-state index contributed by atoms with van der Waals surface area (Å²) in [6.07, 6.45) is 0. The zero-order valence-electron chi connectivity index (χ0n) is 53.5. The van der Waals surface area contributed by atoms with Crippen LogP contribution >= 0.6 is 0 Å². The second-order valence-electron chi connectivity index (χ2n) is 10.6. The van der Waals surface area contributed by atoms with E-state index in [2.05, 4.69) is 0 Å². The van der Waals surface area contributed by atoms with Crippen LogP contribution in [0.2, 0.25) is 0 Å². The zero-order chi connectivity index (χ0) is 57.5. The summed E-state index contributed by atoms with van der Waals surface area (Å²) in [5, 5.41) is -5.21. The summed E-state index contributed by atoms with van der Waals surface area (Å²) in [4.78, 5) is 0. The predicted molar refractivity (Wildman–Crippen MR) is 208 cm³/mol. The largest absolute Gasteiger partial charge is 0.455 e. The summed E-state index contributed by atoms with van der Waals surface area (Å²) in [6.45, 7) is 0. The molecule has 228 valence electrons. The molecule has 9 aromatic carbocycles. The Morgan fingerprint density at radius 2 is 0.878 bits per heavy atom. The quantitative estimate of drug-likeness (QED) is 0.173. The fourth-order valence-corrected chi connectivity index (χ4v) is 5.77. The lowest BCUT2D eigenvalue weighted by molar-refractivity contribution is 0.670. The predicted octanol–water partition coefficient (Wildman–Crippen LogP) is 13.7. The molecular formula is C48H30O. The van der Waals surface area contributed by atoms with Crippen LogP contribution in [0.3, 0.4) is 0 Å². The van der Waals surface area contributed by atoms with Gasteiger partial charge < -0.3 is 4.42 Å². The standard InChI is InChI=1S/C48H30O/c1-3-12-31(13-4-1)38-20-11-21-44-39-27-26-36(30-45(39)49-48(38)44)34-22-23-35-29-37(25-24-33(35)28-34)47-42-18-9-7-16-40(42)46(32-14-5-2-6-15-32)41-17-8-10-19-43(41)47/h1-30H/i1D,2D,3D,4D,5D,6D,7D,8D,9D,10D,11D,12D,14D,15D,16D,17D,18D,19D,20D,21D,22D,23D,24D,25D,26D,27D,28D,29D,30D. The first-order chi connectivity index (χ1) is 36.4. The van der Waals surface area contributed by atoms with Crippen LogP contribution in [0.1, 0.15) is 39.8 Å². The maximum atomic E-state index is 9.75. The van der Waals surface area contributed by atoms with Crippen LogP contribution in [0.5, 0.6) is 0 Å². The number of para-hydroxylation sites is 1. The van der Waals surface area contributed by atoms with E-state index in [-0.39, 0.29) is 5.56 Å². The lowest BCUT2D eigenvalue weighted by Gasteiger charge is -2.18. The summed E-state index contributed by atoms with van der Waals surface area (Å²) in [6, 6.07) is -25.0. The Hall–Kier alpha value is -6.44. The van der Waals surface area contributed by atoms with Crippen LogP contribution in [0.25, 0.3) is 98.8 Å². The Labute approximate surface area is 325 Å². The first-order valence-electron chi connectivity index (χ1n) is 29.0. The van der Waals surface area contributed by atoms with Gasteiger partial charge in [0.1, 0.15) is 11.2 Å². The molecule has 0 aliphatic carbocycles. The average molecular weight is 652 g/mol. The summed E-state index contributed by atoms with van der Waals surface area (Å²) in [5.41, 5.74) is -6.43. The Balaban J connectivity index is 1.36. The van der Waals surface area contributed by atoms with E-state index in [1.807, 2.05) is 0 Å². The van der Waals surface area contributed by atoms with Crippen molar-refractivity contribution in [3.05, 3.63) is 181 Å². The van der Waals surface area contributed by atoms with E-state index in [9.17, 15) is 17.8 Å². The van der Waals surface area contributed by atoms with Gasteiger partial charge in [-0.05, 0) is 95.4 Å². The van der Waals surface area contributed by atoms with Crippen molar-refractivity contribution in [2.75, 3.05) is 0 Å². The fraction of sp³-hybridized carbons (Fsp3) is 0. The maximum absolute atomic E-state index is 9.75. The van der Waals surface area contributed by atoms with Crippen molar-refractivity contribution in [1.29, 1.82) is 0 Å². The average Bonchev–Trinajstić information content (AvgIpc) is 3.16. The van der Waals surface area contributed by atoms with Gasteiger partial charge in [0.25, 0.3) is 0 Å². The molecule has 0 aliphatic heterocycles. The topological polar surface area (TPSA) is 13.1 Å². The molecule has 0 aliphatic rings. The fourth-order valence-electron chi connectivity index (χ4n) is 5.77. The molecule has 1 aromatic heterocycles. The van der Waals surface area contributed by atoms with E-state index in [1.165, 1.54) is 0 Å². The van der Waals surface area contributed by atoms with Crippen molar-refractivity contribution in [2.24, 2.45) is 0 Å². The van der Waals surface area contributed by atoms with Gasteiger partial charge in [0, 0.05) is 16.3 Å². The van der Waals surface area contributed by atoms with Gasteiger partial charge in [0.15, 0.2) is 0 Å². The third kappa shape index (κ3) is 4.47. The molecule has 1 heteroatoms. The van der Waals surface area contributed by atoms with E-state index in [0.29, 0.717) is 0 Å². The molecule has 49 heavy (non-hydrogen) atoms. The first kappa shape index (κ1) is 11.3. The molecule has 0 spiro atoms. The number of hydrogen-bond donors (Lipinski definition) is 0. The molecule has 0 amide bonds. The molecule has 0 saturated heterocycles. The van der Waals surface area contributed by atoms with Crippen molar-refractivity contribution >= 4 is 54.3 Å². The lowest BCUT2D eigenvalue weighted by atomic mass is 9.85. The second kappa shape index (κ2) is 11.1. The molecule has 0 saturated carbocycles. The summed E-state index contributed by atoms with van der Waals surface area (Å²) < 4.78 is 265. The first-order valence-corrected chi connectivity index (χ1v) is 14.5. The smallest absolute Gasteiger partial charge is 0.143 e. The van der Waals surface area contributed by atoms with Gasteiger partial charge in [-0.1, -0.05) is 157 Å². The van der Waals surface area contributed by atoms with Crippen LogP contribution in [-0.2, 0) is 0 Å². The minimum atomic E-state index is -1.07. The third-order valence-electron chi connectivity index (χ3n) is 7.88. The summed E-state index contributed by atoms with van der Waals surface area (Å²) in [7, 11) is 0. The normalized spacial score (nSPS) is 20.0. The van der Waals surface area contributed by atoms with E-state index < -0.39 is 268 Å². The highest BCUT2D eigenvalue weighted by atomic mass is 16.3. The van der Waals surface area contributed by atoms with Crippen molar-refractivity contribution in [3.63, 3.8) is 0 Å². The molecule has 0 unspecified atom stereocenters. The Morgan fingerprint density at radius 1 is 0.347 bits per heavy atom. The van der Waals surface area contributed by atoms with Gasteiger partial charge in [-0.2, -0.15) is 0 Å². The van der Waals surface area contributed by atoms with Gasteiger partial charge in [-0.25, -0.2) is 0 Å². The number of hydrogen-bond acceptors (Lipinski definition) is 1. The molecule has 0 bridgehead atoms. The van der Waals surface area contributed by atoms with Gasteiger partial charge in [0.05, 0.1) is 39.8 Å². The van der Waals surface area contributed by atoms with Gasteiger partial charge in [0.2, 0.25) is 0 Å². The van der Waals surface area contributed by atoms with Crippen LogP contribution in [-0.4, -0.2) is 0 Å². The number of rotatable bonds is 4. The van der Waals surface area contributed by atoms with Crippen LogP contribution < -0.4 is 0 Å². The molecule has 10 rings (SSSR count). The number of benzene rings is 9. The molecule has 1 nitrogen and oxygen atoms in total. The van der Waals surface area contributed by atoms with Crippen molar-refractivity contribution in [2.45, 2.75) is 0 Å². The molecule has 0 radical (unpaired) electrons. The van der Waals surface area contributed by atoms with E-state index in [1.54, 1.807) is 0 Å². The zero-order valence-corrected chi connectivity index (χ0v) is 24.5. The van der Waals surface area contributed by atoms with Crippen molar-refractivity contribution < 1.29 is 44.2 Å². The maximum Gasteiger partial charge on any atom is 0.143 e. The van der Waals surface area contributed by atoms with Gasteiger partial charge >= 0.3 is 0 Å². The molecule has 0 fully saturated rings. The molecule has 1 heterocycles. The van der Waals surface area contributed by atoms with E-state index >= 15 is 0 Å². The highest BCUT2D eigenvalue weighted by Crippen LogP contribution is 2.44. The molecule has 0 N–H and O–H groups in total. The second-order valence-corrected chi connectivity index (χ2v) is 10.6. The number of furan rings is 1. The van der Waals surface area contributed by atoms with E-state index in [4.69, 9.17) is 26.3 Å². The lowest BCUT2D eigenvalue weighted by Crippen LogP contribution is -1.90. The molecule has 10 aromatic rings. The monoisotopic (exact) mass is 651 g/mol. The van der Waals surface area contributed by atoms with Crippen LogP contribution in [0, 0.1) is 0 Å². The third-order valence-corrected chi connectivity index (χ3v) is 7.88. The van der Waals surface area contributed by atoms with Crippen LogP contribution in [0.4, 0.5) is 0 Å². The van der Waals surface area contributed by atoms with Gasteiger partial charge in [-0.3, -0.25) is 0 Å². The Bertz CT molecular complexity index is 4430. The van der Waals surface area contributed by atoms with Gasteiger partial charge in [-0.15, -0.1) is 0 Å². The minimum Gasteiger partial charge on any atom is -0.455 e.